The Morgan fingerprint density at radius 1 is 1.17 bits per heavy atom. The van der Waals surface area contributed by atoms with Gasteiger partial charge in [-0.3, -0.25) is 0 Å². The molecule has 0 amide bonds. The summed E-state index contributed by atoms with van der Waals surface area (Å²) in [6.07, 6.45) is 1.59. The lowest BCUT2D eigenvalue weighted by atomic mass is 9.80. The maximum Gasteiger partial charge on any atom is 0.244 e. The average molecular weight is 341 g/mol. The highest BCUT2D eigenvalue weighted by Gasteiger charge is 2.43. The van der Waals surface area contributed by atoms with Gasteiger partial charge in [0.05, 0.1) is 18.2 Å². The van der Waals surface area contributed by atoms with Crippen molar-refractivity contribution >= 4 is 10.0 Å². The second kappa shape index (κ2) is 6.07. The molecule has 2 rings (SSSR count). The van der Waals surface area contributed by atoms with Gasteiger partial charge in [0.1, 0.15) is 10.6 Å². The summed E-state index contributed by atoms with van der Waals surface area (Å²) in [7, 11) is -2.11. The van der Waals surface area contributed by atoms with Crippen molar-refractivity contribution in [1.29, 1.82) is 0 Å². The average Bonchev–Trinajstić information content (AvgIpc) is 2.33. The lowest BCUT2D eigenvalue weighted by Gasteiger charge is -2.43. The van der Waals surface area contributed by atoms with Gasteiger partial charge in [-0.1, -0.05) is 6.07 Å². The molecule has 5 nitrogen and oxygen atoms in total. The Morgan fingerprint density at radius 3 is 2.26 bits per heavy atom. The highest BCUT2D eigenvalue weighted by Crippen LogP contribution is 2.27. The van der Waals surface area contributed by atoms with Crippen LogP contribution in [0.2, 0.25) is 0 Å². The standard InChI is InChI=1S/C17H28N2O3S/c1-12-7-8-15(14(9-12)22-6)23(20,21)18-13-10-16(2,3)19-17(4,5)11-13/h7-9,13,18-19H,10-11H2,1-6H3/p+1. The molecular formula is C17H29N2O3S+. The zero-order valence-corrected chi connectivity index (χ0v) is 15.8. The topological polar surface area (TPSA) is 72.0 Å². The molecule has 0 saturated carbocycles. The van der Waals surface area contributed by atoms with Crippen LogP contribution in [0.3, 0.4) is 0 Å². The Kier molecular flexibility index (Phi) is 4.81. The summed E-state index contributed by atoms with van der Waals surface area (Å²) >= 11 is 0. The molecule has 6 heteroatoms. The van der Waals surface area contributed by atoms with Crippen molar-refractivity contribution in [3.05, 3.63) is 23.8 Å². The predicted octanol–water partition coefficient (Wildman–Crippen LogP) is 1.56. The zero-order chi connectivity index (χ0) is 17.5. The molecule has 1 aliphatic heterocycles. The van der Waals surface area contributed by atoms with Gasteiger partial charge >= 0.3 is 0 Å². The van der Waals surface area contributed by atoms with E-state index in [1.54, 1.807) is 18.2 Å². The minimum atomic E-state index is -3.61. The molecule has 0 radical (unpaired) electrons. The minimum absolute atomic E-state index is 0.00625. The van der Waals surface area contributed by atoms with Gasteiger partial charge in [-0.25, -0.2) is 13.1 Å². The van der Waals surface area contributed by atoms with Crippen molar-refractivity contribution in [3.63, 3.8) is 0 Å². The number of piperidine rings is 1. The van der Waals surface area contributed by atoms with Crippen LogP contribution in [-0.2, 0) is 10.0 Å². The number of rotatable bonds is 4. The highest BCUT2D eigenvalue weighted by molar-refractivity contribution is 7.89. The fraction of sp³-hybridized carbons (Fsp3) is 0.647. The monoisotopic (exact) mass is 341 g/mol. The highest BCUT2D eigenvalue weighted by atomic mass is 32.2. The van der Waals surface area contributed by atoms with Crippen molar-refractivity contribution in [2.75, 3.05) is 7.11 Å². The summed E-state index contributed by atoms with van der Waals surface area (Å²) in [5.74, 6) is 0.387. The van der Waals surface area contributed by atoms with Gasteiger partial charge in [0.15, 0.2) is 0 Å². The molecule has 0 atom stereocenters. The minimum Gasteiger partial charge on any atom is -0.495 e. The van der Waals surface area contributed by atoms with Crippen LogP contribution in [0.1, 0.15) is 46.1 Å². The number of benzene rings is 1. The fourth-order valence-electron chi connectivity index (χ4n) is 3.88. The first-order valence-corrected chi connectivity index (χ1v) is 9.46. The number of quaternary nitrogens is 1. The molecule has 130 valence electrons. The van der Waals surface area contributed by atoms with Gasteiger partial charge in [-0.15, -0.1) is 0 Å². The van der Waals surface area contributed by atoms with Crippen molar-refractivity contribution in [1.82, 2.24) is 4.72 Å². The molecule has 1 aromatic carbocycles. The largest absolute Gasteiger partial charge is 0.495 e. The number of nitrogens with one attached hydrogen (secondary N) is 1. The zero-order valence-electron chi connectivity index (χ0n) is 14.9. The summed E-state index contributed by atoms with van der Waals surface area (Å²) in [6, 6.07) is 5.07. The molecule has 1 aromatic rings. The molecule has 1 aliphatic rings. The Bertz CT molecular complexity index is 665. The van der Waals surface area contributed by atoms with E-state index in [1.165, 1.54) is 7.11 Å². The predicted molar refractivity (Wildman–Crippen MR) is 91.2 cm³/mol. The van der Waals surface area contributed by atoms with Crippen LogP contribution in [0.4, 0.5) is 0 Å². The van der Waals surface area contributed by atoms with E-state index in [4.69, 9.17) is 4.74 Å². The Balaban J connectivity index is 2.28. The summed E-state index contributed by atoms with van der Waals surface area (Å²) in [5, 5.41) is 2.33. The third-order valence-corrected chi connectivity index (χ3v) is 5.82. The quantitative estimate of drug-likeness (QED) is 0.873. The smallest absolute Gasteiger partial charge is 0.244 e. The molecule has 0 unspecified atom stereocenters. The van der Waals surface area contributed by atoms with Crippen molar-refractivity contribution < 1.29 is 18.5 Å². The molecule has 0 spiro atoms. The number of nitrogens with two attached hydrogens (primary N) is 1. The Labute approximate surface area is 139 Å². The van der Waals surface area contributed by atoms with E-state index < -0.39 is 10.0 Å². The van der Waals surface area contributed by atoms with E-state index >= 15 is 0 Å². The third kappa shape index (κ3) is 4.46. The maximum atomic E-state index is 12.8. The van der Waals surface area contributed by atoms with Crippen LogP contribution < -0.4 is 14.8 Å². The van der Waals surface area contributed by atoms with Gasteiger partial charge in [-0.2, -0.15) is 0 Å². The number of aryl methyl sites for hydroxylation is 1. The lowest BCUT2D eigenvalue weighted by molar-refractivity contribution is -0.787. The van der Waals surface area contributed by atoms with Gasteiger partial charge in [0, 0.05) is 18.9 Å². The van der Waals surface area contributed by atoms with Crippen LogP contribution in [-0.4, -0.2) is 32.6 Å². The van der Waals surface area contributed by atoms with Gasteiger partial charge in [-0.05, 0) is 52.3 Å². The van der Waals surface area contributed by atoms with Gasteiger partial charge < -0.3 is 10.1 Å². The first-order valence-electron chi connectivity index (χ1n) is 7.98. The van der Waals surface area contributed by atoms with Gasteiger partial charge in [0.2, 0.25) is 10.0 Å². The van der Waals surface area contributed by atoms with Crippen LogP contribution in [0.15, 0.2) is 23.1 Å². The lowest BCUT2D eigenvalue weighted by Crippen LogP contribution is -3.06. The Morgan fingerprint density at radius 2 is 1.74 bits per heavy atom. The number of sulfonamides is 1. The van der Waals surface area contributed by atoms with Crippen LogP contribution in [0, 0.1) is 6.92 Å². The van der Waals surface area contributed by atoms with E-state index in [0.29, 0.717) is 5.75 Å². The van der Waals surface area contributed by atoms with E-state index in [9.17, 15) is 8.42 Å². The summed E-state index contributed by atoms with van der Waals surface area (Å²) in [6.45, 7) is 10.5. The van der Waals surface area contributed by atoms with E-state index in [1.807, 2.05) is 6.92 Å². The molecule has 1 fully saturated rings. The fourth-order valence-corrected chi connectivity index (χ4v) is 5.27. The molecule has 0 aliphatic carbocycles. The first kappa shape index (κ1) is 18.2. The SMILES string of the molecule is COc1cc(C)ccc1S(=O)(=O)NC1CC(C)(C)[NH2+]C(C)(C)C1. The maximum absolute atomic E-state index is 12.8. The summed E-state index contributed by atoms with van der Waals surface area (Å²) in [4.78, 5) is 0.204. The molecule has 1 saturated heterocycles. The number of hydrogen-bond donors (Lipinski definition) is 2. The second-order valence-corrected chi connectivity index (χ2v) is 9.68. The van der Waals surface area contributed by atoms with Crippen molar-refractivity contribution in [2.45, 2.75) is 69.5 Å². The number of ether oxygens (including phenoxy) is 1. The normalized spacial score (nSPS) is 21.1. The van der Waals surface area contributed by atoms with E-state index in [2.05, 4.69) is 37.7 Å². The van der Waals surface area contributed by atoms with Gasteiger partial charge in [0.25, 0.3) is 0 Å². The van der Waals surface area contributed by atoms with Crippen molar-refractivity contribution in [2.24, 2.45) is 0 Å². The molecule has 0 aromatic heterocycles. The second-order valence-electron chi connectivity index (χ2n) is 8.00. The number of methoxy groups -OCH3 is 1. The molecule has 23 heavy (non-hydrogen) atoms. The van der Waals surface area contributed by atoms with E-state index in [-0.39, 0.29) is 22.0 Å². The van der Waals surface area contributed by atoms with Crippen LogP contribution >= 0.6 is 0 Å². The number of hydrogen-bond acceptors (Lipinski definition) is 3. The summed E-state index contributed by atoms with van der Waals surface area (Å²) < 4.78 is 33.8. The van der Waals surface area contributed by atoms with Crippen LogP contribution in [0.5, 0.6) is 5.75 Å². The summed E-state index contributed by atoms with van der Waals surface area (Å²) in [5.41, 5.74) is 0.980. The molecule has 0 bridgehead atoms. The molecule has 3 N–H and O–H groups in total. The van der Waals surface area contributed by atoms with Crippen molar-refractivity contribution in [3.8, 4) is 5.75 Å². The first-order chi connectivity index (χ1) is 10.4. The van der Waals surface area contributed by atoms with Crippen LogP contribution in [0.25, 0.3) is 0 Å². The third-order valence-electron chi connectivity index (χ3n) is 4.26. The molecular weight excluding hydrogens is 312 g/mol. The van der Waals surface area contributed by atoms with E-state index in [0.717, 1.165) is 18.4 Å². The molecule has 1 heterocycles. The Hall–Kier alpha value is -1.11.